The third kappa shape index (κ3) is 1.19. The highest BCUT2D eigenvalue weighted by Gasteiger charge is 2.37. The zero-order valence-electron chi connectivity index (χ0n) is 6.80. The first-order chi connectivity index (χ1) is 6.50. The largest absolute Gasteiger partial charge is 0.437 e. The van der Waals surface area contributed by atoms with Crippen LogP contribution in [0.5, 0.6) is 0 Å². The topological polar surface area (TPSA) is 52.0 Å². The van der Waals surface area contributed by atoms with Gasteiger partial charge in [-0.25, -0.2) is 0 Å². The molecule has 0 saturated heterocycles. The van der Waals surface area contributed by atoms with E-state index in [0.717, 1.165) is 0 Å². The number of nitrogen functional groups attached to an aromatic ring is 1. The first-order valence-electron chi connectivity index (χ1n) is 3.71. The van der Waals surface area contributed by atoms with Gasteiger partial charge in [0.1, 0.15) is 0 Å². The van der Waals surface area contributed by atoms with Gasteiger partial charge in [-0.2, -0.15) is 13.2 Å². The molecule has 2 rings (SSSR count). The van der Waals surface area contributed by atoms with E-state index in [1.165, 1.54) is 18.2 Å². The highest BCUT2D eigenvalue weighted by Crippen LogP contribution is 2.35. The van der Waals surface area contributed by atoms with E-state index in [9.17, 15) is 13.2 Å². The van der Waals surface area contributed by atoms with Crippen molar-refractivity contribution in [3.63, 3.8) is 0 Å². The van der Waals surface area contributed by atoms with Crippen molar-refractivity contribution >= 4 is 16.7 Å². The molecule has 2 N–H and O–H groups in total. The Hall–Kier alpha value is -1.72. The van der Waals surface area contributed by atoms with Crippen LogP contribution in [0.4, 0.5) is 18.9 Å². The number of halogens is 3. The van der Waals surface area contributed by atoms with Gasteiger partial charge in [0, 0.05) is 0 Å². The number of fused-ring (bicyclic) bond motifs is 1. The van der Waals surface area contributed by atoms with Crippen LogP contribution >= 0.6 is 0 Å². The van der Waals surface area contributed by atoms with Gasteiger partial charge < -0.3 is 10.3 Å². The summed E-state index contributed by atoms with van der Waals surface area (Å²) < 4.78 is 41.5. The van der Waals surface area contributed by atoms with Gasteiger partial charge in [0.2, 0.25) is 0 Å². The minimum Gasteiger partial charge on any atom is -0.396 e. The molecule has 0 bridgehead atoms. The molecule has 0 fully saturated rings. The van der Waals surface area contributed by atoms with E-state index in [1.807, 2.05) is 0 Å². The standard InChI is InChI=1S/C8H5F3N2O/c9-8(10,11)7-4-2-1-3-5(12)6(4)14-13-7/h1-3H,12H2. The van der Waals surface area contributed by atoms with Crippen LogP contribution in [0.2, 0.25) is 0 Å². The Morgan fingerprint density at radius 3 is 2.64 bits per heavy atom. The van der Waals surface area contributed by atoms with Crippen LogP contribution < -0.4 is 5.73 Å². The second-order valence-corrected chi connectivity index (χ2v) is 2.75. The Labute approximate surface area is 76.3 Å². The zero-order chi connectivity index (χ0) is 10.3. The van der Waals surface area contributed by atoms with Gasteiger partial charge in [0.25, 0.3) is 0 Å². The Balaban J connectivity index is 2.76. The SMILES string of the molecule is Nc1cccc2c(C(F)(F)F)noc12. The van der Waals surface area contributed by atoms with Crippen LogP contribution in [-0.2, 0) is 6.18 Å². The average Bonchev–Trinajstić information content (AvgIpc) is 2.47. The van der Waals surface area contributed by atoms with Gasteiger partial charge in [-0.15, -0.1) is 0 Å². The van der Waals surface area contributed by atoms with Gasteiger partial charge in [0.05, 0.1) is 11.1 Å². The summed E-state index contributed by atoms with van der Waals surface area (Å²) in [5.41, 5.74) is 4.49. The Morgan fingerprint density at radius 1 is 1.29 bits per heavy atom. The third-order valence-electron chi connectivity index (χ3n) is 1.80. The van der Waals surface area contributed by atoms with Crippen molar-refractivity contribution in [3.8, 4) is 0 Å². The van der Waals surface area contributed by atoms with Crippen molar-refractivity contribution in [2.24, 2.45) is 0 Å². The lowest BCUT2D eigenvalue weighted by molar-refractivity contribution is -0.141. The van der Waals surface area contributed by atoms with E-state index >= 15 is 0 Å². The molecule has 0 unspecified atom stereocenters. The maximum absolute atomic E-state index is 12.3. The van der Waals surface area contributed by atoms with Crippen LogP contribution in [0.3, 0.4) is 0 Å². The lowest BCUT2D eigenvalue weighted by Crippen LogP contribution is -2.05. The summed E-state index contributed by atoms with van der Waals surface area (Å²) in [6, 6.07) is 4.14. The molecule has 14 heavy (non-hydrogen) atoms. The van der Waals surface area contributed by atoms with E-state index in [0.29, 0.717) is 0 Å². The molecule has 0 radical (unpaired) electrons. The predicted octanol–water partition coefficient (Wildman–Crippen LogP) is 2.43. The lowest BCUT2D eigenvalue weighted by Gasteiger charge is -2.00. The molecule has 1 aromatic heterocycles. The van der Waals surface area contributed by atoms with Crippen LogP contribution in [0.1, 0.15) is 5.69 Å². The maximum Gasteiger partial charge on any atom is 0.437 e. The fraction of sp³-hybridized carbons (Fsp3) is 0.125. The first-order valence-corrected chi connectivity index (χ1v) is 3.71. The quantitative estimate of drug-likeness (QED) is 0.667. The molecular formula is C8H5F3N2O. The second kappa shape index (κ2) is 2.63. The number of nitrogens with two attached hydrogens (primary N) is 1. The highest BCUT2D eigenvalue weighted by molar-refractivity contribution is 5.89. The molecule has 1 heterocycles. The van der Waals surface area contributed by atoms with Crippen molar-refractivity contribution < 1.29 is 17.7 Å². The van der Waals surface area contributed by atoms with E-state index in [1.54, 1.807) is 0 Å². The predicted molar refractivity (Wildman–Crippen MR) is 43.4 cm³/mol. The number of benzene rings is 1. The summed E-state index contributed by atoms with van der Waals surface area (Å²) in [5, 5.41) is 2.83. The smallest absolute Gasteiger partial charge is 0.396 e. The highest BCUT2D eigenvalue weighted by atomic mass is 19.4. The number of aromatic nitrogens is 1. The summed E-state index contributed by atoms with van der Waals surface area (Å²) >= 11 is 0. The van der Waals surface area contributed by atoms with Gasteiger partial charge >= 0.3 is 6.18 Å². The molecule has 74 valence electrons. The van der Waals surface area contributed by atoms with Crippen molar-refractivity contribution in [3.05, 3.63) is 23.9 Å². The average molecular weight is 202 g/mol. The molecule has 1 aromatic carbocycles. The summed E-state index contributed by atoms with van der Waals surface area (Å²) in [4.78, 5) is 0. The number of rotatable bonds is 0. The number of hydrogen-bond donors (Lipinski definition) is 1. The molecule has 0 amide bonds. The van der Waals surface area contributed by atoms with E-state index < -0.39 is 11.9 Å². The molecule has 0 atom stereocenters. The maximum atomic E-state index is 12.3. The van der Waals surface area contributed by atoms with Crippen LogP contribution in [0.25, 0.3) is 11.0 Å². The van der Waals surface area contributed by atoms with Gasteiger partial charge in [-0.05, 0) is 12.1 Å². The van der Waals surface area contributed by atoms with Crippen molar-refractivity contribution in [2.75, 3.05) is 5.73 Å². The number of anilines is 1. The van der Waals surface area contributed by atoms with Crippen molar-refractivity contribution in [1.82, 2.24) is 5.16 Å². The van der Waals surface area contributed by atoms with E-state index in [-0.39, 0.29) is 16.7 Å². The van der Waals surface area contributed by atoms with Crippen LogP contribution in [-0.4, -0.2) is 5.16 Å². The van der Waals surface area contributed by atoms with Crippen LogP contribution in [0, 0.1) is 0 Å². The molecular weight excluding hydrogens is 197 g/mol. The minimum atomic E-state index is -4.51. The Morgan fingerprint density at radius 2 is 2.00 bits per heavy atom. The van der Waals surface area contributed by atoms with E-state index in [2.05, 4.69) is 9.68 Å². The number of para-hydroxylation sites is 1. The lowest BCUT2D eigenvalue weighted by atomic mass is 10.2. The summed E-state index contributed by atoms with van der Waals surface area (Å²) in [7, 11) is 0. The molecule has 0 saturated carbocycles. The zero-order valence-corrected chi connectivity index (χ0v) is 6.80. The normalized spacial score (nSPS) is 12.2. The molecule has 0 aliphatic rings. The monoisotopic (exact) mass is 202 g/mol. The summed E-state index contributed by atoms with van der Waals surface area (Å²) in [6.45, 7) is 0. The minimum absolute atomic E-state index is 0.0279. The fourth-order valence-corrected chi connectivity index (χ4v) is 1.19. The van der Waals surface area contributed by atoms with Gasteiger partial charge in [0.15, 0.2) is 11.3 Å². The Kier molecular flexibility index (Phi) is 1.67. The summed E-state index contributed by atoms with van der Waals surface area (Å²) in [6.07, 6.45) is -4.51. The van der Waals surface area contributed by atoms with Gasteiger partial charge in [-0.1, -0.05) is 11.2 Å². The molecule has 6 heteroatoms. The second-order valence-electron chi connectivity index (χ2n) is 2.75. The van der Waals surface area contributed by atoms with Crippen LogP contribution in [0.15, 0.2) is 22.7 Å². The van der Waals surface area contributed by atoms with Crippen molar-refractivity contribution in [1.29, 1.82) is 0 Å². The molecule has 0 aliphatic carbocycles. The molecule has 0 aliphatic heterocycles. The van der Waals surface area contributed by atoms with Crippen molar-refractivity contribution in [2.45, 2.75) is 6.18 Å². The number of nitrogens with zero attached hydrogens (tertiary/aromatic N) is 1. The Bertz CT molecular complexity index is 475. The first kappa shape index (κ1) is 8.86. The number of hydrogen-bond acceptors (Lipinski definition) is 3. The number of alkyl halides is 3. The molecule has 3 nitrogen and oxygen atoms in total. The van der Waals surface area contributed by atoms with Gasteiger partial charge in [-0.3, -0.25) is 0 Å². The third-order valence-corrected chi connectivity index (χ3v) is 1.80. The fourth-order valence-electron chi connectivity index (χ4n) is 1.19. The summed E-state index contributed by atoms with van der Waals surface area (Å²) in [5.74, 6) is 0. The molecule has 2 aromatic rings. The molecule has 0 spiro atoms. The van der Waals surface area contributed by atoms with E-state index in [4.69, 9.17) is 5.73 Å².